The van der Waals surface area contributed by atoms with Crippen LogP contribution >= 0.6 is 0 Å². The second-order valence-corrected chi connectivity index (χ2v) is 7.11. The largest absolute Gasteiger partial charge is 0.343 e. The van der Waals surface area contributed by atoms with Gasteiger partial charge in [0.15, 0.2) is 0 Å². The van der Waals surface area contributed by atoms with Crippen LogP contribution in [0, 0.1) is 0 Å². The molecule has 0 N–H and O–H groups in total. The molecule has 2 aliphatic rings. The minimum Gasteiger partial charge on any atom is -0.343 e. The van der Waals surface area contributed by atoms with Gasteiger partial charge in [-0.1, -0.05) is 30.3 Å². The summed E-state index contributed by atoms with van der Waals surface area (Å²) in [6, 6.07) is 10.8. The summed E-state index contributed by atoms with van der Waals surface area (Å²) in [5.41, 5.74) is 1.39. The smallest absolute Gasteiger partial charge is 0.229 e. The highest BCUT2D eigenvalue weighted by atomic mass is 16.2. The van der Waals surface area contributed by atoms with E-state index in [9.17, 15) is 14.4 Å². The van der Waals surface area contributed by atoms with E-state index >= 15 is 0 Å². The van der Waals surface area contributed by atoms with E-state index in [1.807, 2.05) is 18.0 Å². The molecule has 1 aliphatic heterocycles. The number of amides is 3. The molecular formula is C20H26N2O3. The van der Waals surface area contributed by atoms with Gasteiger partial charge in [0.2, 0.25) is 17.7 Å². The quantitative estimate of drug-likeness (QED) is 0.773. The number of imide groups is 1. The van der Waals surface area contributed by atoms with Crippen LogP contribution in [0.25, 0.3) is 0 Å². The molecule has 3 amide bonds. The number of rotatable bonds is 5. The normalized spacial score (nSPS) is 23.8. The Morgan fingerprint density at radius 1 is 1.04 bits per heavy atom. The third-order valence-corrected chi connectivity index (χ3v) is 5.61. The molecule has 0 radical (unpaired) electrons. The molecule has 25 heavy (non-hydrogen) atoms. The van der Waals surface area contributed by atoms with Gasteiger partial charge in [0.05, 0.1) is 0 Å². The zero-order valence-corrected chi connectivity index (χ0v) is 14.8. The molecule has 1 saturated carbocycles. The lowest BCUT2D eigenvalue weighted by molar-refractivity contribution is -0.139. The van der Waals surface area contributed by atoms with Crippen molar-refractivity contribution in [2.75, 3.05) is 13.6 Å². The van der Waals surface area contributed by atoms with Crippen LogP contribution in [0.5, 0.6) is 0 Å². The summed E-state index contributed by atoms with van der Waals surface area (Å²) >= 11 is 0. The summed E-state index contributed by atoms with van der Waals surface area (Å²) in [4.78, 5) is 38.7. The Bertz CT molecular complexity index is 620. The lowest BCUT2D eigenvalue weighted by Crippen LogP contribution is -2.41. The van der Waals surface area contributed by atoms with E-state index in [0.29, 0.717) is 5.92 Å². The average Bonchev–Trinajstić information content (AvgIpc) is 2.98. The van der Waals surface area contributed by atoms with Crippen LogP contribution in [0.2, 0.25) is 0 Å². The maximum atomic E-state index is 12.4. The lowest BCUT2D eigenvalue weighted by Gasteiger charge is -2.35. The predicted octanol–water partition coefficient (Wildman–Crippen LogP) is 2.71. The summed E-state index contributed by atoms with van der Waals surface area (Å²) in [5.74, 6) is 0.309. The van der Waals surface area contributed by atoms with E-state index in [2.05, 4.69) is 24.3 Å². The van der Waals surface area contributed by atoms with Gasteiger partial charge in [-0.2, -0.15) is 0 Å². The molecule has 0 unspecified atom stereocenters. The standard InChI is InChI=1S/C20H26N2O3/c1-21(18(23)13-14-22-19(24)11-12-20(22)25)17-9-7-16(8-10-17)15-5-3-2-4-6-15/h2-6,16-17H,7-14H2,1H3. The third kappa shape index (κ3) is 4.09. The fourth-order valence-corrected chi connectivity index (χ4v) is 3.98. The minimum absolute atomic E-state index is 0.0238. The van der Waals surface area contributed by atoms with Crippen molar-refractivity contribution in [2.24, 2.45) is 0 Å². The van der Waals surface area contributed by atoms with Gasteiger partial charge in [0, 0.05) is 38.9 Å². The number of carbonyl (C=O) groups is 3. The first-order valence-electron chi connectivity index (χ1n) is 9.20. The highest BCUT2D eigenvalue weighted by Crippen LogP contribution is 2.34. The average molecular weight is 342 g/mol. The van der Waals surface area contributed by atoms with Crippen molar-refractivity contribution in [3.05, 3.63) is 35.9 Å². The Labute approximate surface area is 149 Å². The van der Waals surface area contributed by atoms with E-state index in [-0.39, 0.29) is 49.6 Å². The topological polar surface area (TPSA) is 57.7 Å². The van der Waals surface area contributed by atoms with Crippen molar-refractivity contribution < 1.29 is 14.4 Å². The number of carbonyl (C=O) groups excluding carboxylic acids is 3. The first-order valence-corrected chi connectivity index (χ1v) is 9.20. The van der Waals surface area contributed by atoms with Crippen LogP contribution in [0.3, 0.4) is 0 Å². The zero-order valence-electron chi connectivity index (χ0n) is 14.8. The molecule has 0 bridgehead atoms. The molecular weight excluding hydrogens is 316 g/mol. The monoisotopic (exact) mass is 342 g/mol. The molecule has 5 heteroatoms. The van der Waals surface area contributed by atoms with E-state index in [1.54, 1.807) is 0 Å². The van der Waals surface area contributed by atoms with Gasteiger partial charge in [-0.3, -0.25) is 19.3 Å². The third-order valence-electron chi connectivity index (χ3n) is 5.61. The number of hydrogen-bond acceptors (Lipinski definition) is 3. The molecule has 134 valence electrons. The van der Waals surface area contributed by atoms with Crippen LogP contribution < -0.4 is 0 Å². The molecule has 3 rings (SSSR count). The molecule has 1 aliphatic carbocycles. The van der Waals surface area contributed by atoms with Crippen molar-refractivity contribution in [3.8, 4) is 0 Å². The Hall–Kier alpha value is -2.17. The van der Waals surface area contributed by atoms with Gasteiger partial charge in [-0.15, -0.1) is 0 Å². The fraction of sp³-hybridized carbons (Fsp3) is 0.550. The Kier molecular flexibility index (Phi) is 5.51. The second-order valence-electron chi connectivity index (χ2n) is 7.11. The van der Waals surface area contributed by atoms with Crippen molar-refractivity contribution in [1.82, 2.24) is 9.80 Å². The highest BCUT2D eigenvalue weighted by Gasteiger charge is 2.31. The Morgan fingerprint density at radius 3 is 2.24 bits per heavy atom. The molecule has 0 aromatic heterocycles. The number of likely N-dealkylation sites (tertiary alicyclic amines) is 1. The molecule has 2 fully saturated rings. The van der Waals surface area contributed by atoms with Gasteiger partial charge in [0.25, 0.3) is 0 Å². The number of hydrogen-bond donors (Lipinski definition) is 0. The van der Waals surface area contributed by atoms with Crippen LogP contribution in [0.4, 0.5) is 0 Å². The molecule has 5 nitrogen and oxygen atoms in total. The molecule has 1 aromatic rings. The minimum atomic E-state index is -0.149. The Balaban J connectivity index is 1.47. The predicted molar refractivity (Wildman–Crippen MR) is 94.8 cm³/mol. The fourth-order valence-electron chi connectivity index (χ4n) is 3.98. The van der Waals surface area contributed by atoms with E-state index in [0.717, 1.165) is 25.7 Å². The van der Waals surface area contributed by atoms with Crippen molar-refractivity contribution in [1.29, 1.82) is 0 Å². The highest BCUT2D eigenvalue weighted by molar-refractivity contribution is 6.02. The van der Waals surface area contributed by atoms with Gasteiger partial charge in [-0.05, 0) is 37.2 Å². The summed E-state index contributed by atoms with van der Waals surface area (Å²) in [6.07, 6.45) is 4.99. The summed E-state index contributed by atoms with van der Waals surface area (Å²) in [6.45, 7) is 0.222. The van der Waals surface area contributed by atoms with E-state index < -0.39 is 0 Å². The van der Waals surface area contributed by atoms with Crippen LogP contribution in [-0.2, 0) is 14.4 Å². The van der Waals surface area contributed by atoms with Crippen molar-refractivity contribution in [2.45, 2.75) is 56.9 Å². The molecule has 1 heterocycles. The second kappa shape index (κ2) is 7.81. The maximum Gasteiger partial charge on any atom is 0.229 e. The molecule has 0 atom stereocenters. The van der Waals surface area contributed by atoms with Crippen LogP contribution in [0.1, 0.15) is 56.4 Å². The molecule has 1 saturated heterocycles. The van der Waals surface area contributed by atoms with E-state index in [1.165, 1.54) is 10.5 Å². The SMILES string of the molecule is CN(C(=O)CCN1C(=O)CCC1=O)C1CCC(c2ccccc2)CC1. The van der Waals surface area contributed by atoms with Crippen molar-refractivity contribution in [3.63, 3.8) is 0 Å². The van der Waals surface area contributed by atoms with Gasteiger partial charge in [-0.25, -0.2) is 0 Å². The molecule has 0 spiro atoms. The summed E-state index contributed by atoms with van der Waals surface area (Å²) < 4.78 is 0. The summed E-state index contributed by atoms with van der Waals surface area (Å²) in [5, 5.41) is 0. The van der Waals surface area contributed by atoms with Gasteiger partial charge in [0.1, 0.15) is 0 Å². The Morgan fingerprint density at radius 2 is 1.64 bits per heavy atom. The number of nitrogens with zero attached hydrogens (tertiary/aromatic N) is 2. The van der Waals surface area contributed by atoms with Crippen LogP contribution in [-0.4, -0.2) is 47.2 Å². The number of benzene rings is 1. The first kappa shape index (κ1) is 17.6. The maximum absolute atomic E-state index is 12.4. The van der Waals surface area contributed by atoms with E-state index in [4.69, 9.17) is 0 Å². The zero-order chi connectivity index (χ0) is 17.8. The van der Waals surface area contributed by atoms with Crippen LogP contribution in [0.15, 0.2) is 30.3 Å². The lowest BCUT2D eigenvalue weighted by atomic mass is 9.81. The summed E-state index contributed by atoms with van der Waals surface area (Å²) in [7, 11) is 1.85. The molecule has 1 aromatic carbocycles. The first-order chi connectivity index (χ1) is 12.1. The van der Waals surface area contributed by atoms with Gasteiger partial charge >= 0.3 is 0 Å². The van der Waals surface area contributed by atoms with Crippen molar-refractivity contribution >= 4 is 17.7 Å². The van der Waals surface area contributed by atoms with Gasteiger partial charge < -0.3 is 4.90 Å².